The van der Waals surface area contributed by atoms with E-state index in [1.165, 1.54) is 12.1 Å². The van der Waals surface area contributed by atoms with E-state index in [0.717, 1.165) is 38.4 Å². The third-order valence-electron chi connectivity index (χ3n) is 5.66. The number of carbonyl (C=O) groups excluding carboxylic acids is 1. The van der Waals surface area contributed by atoms with Gasteiger partial charge >= 0.3 is 0 Å². The first-order chi connectivity index (χ1) is 14.2. The molecule has 3 heteroatoms. The number of rotatable bonds is 1. The standard InChI is InChI=1S/C26H14FNO/c27-17-12-9-16(10-13-17)25-23-19-7-3-4-8-20(19)26(29)24(23)22-18-6-2-1-5-15(18)11-14-21(22)28-25/h1-14H. The fourth-order valence-corrected chi connectivity index (χ4v) is 4.38. The third kappa shape index (κ3) is 2.21. The van der Waals surface area contributed by atoms with Gasteiger partial charge in [0.1, 0.15) is 5.82 Å². The van der Waals surface area contributed by atoms with Gasteiger partial charge in [0.15, 0.2) is 5.78 Å². The normalized spacial score (nSPS) is 12.4. The molecule has 0 spiro atoms. The maximum atomic E-state index is 13.5. The lowest BCUT2D eigenvalue weighted by molar-refractivity contribution is 0.104. The maximum absolute atomic E-state index is 13.5. The predicted octanol–water partition coefficient (Wildman–Crippen LogP) is 6.41. The van der Waals surface area contributed by atoms with Crippen LogP contribution in [0.25, 0.3) is 44.1 Å². The molecule has 5 aromatic rings. The smallest absolute Gasteiger partial charge is 0.195 e. The van der Waals surface area contributed by atoms with Gasteiger partial charge in [0.25, 0.3) is 0 Å². The molecule has 4 aromatic carbocycles. The second-order valence-electron chi connectivity index (χ2n) is 7.27. The highest BCUT2D eigenvalue weighted by molar-refractivity contribution is 6.31. The molecular formula is C26H14FNO. The molecule has 0 saturated heterocycles. The largest absolute Gasteiger partial charge is 0.289 e. The van der Waals surface area contributed by atoms with Crippen LogP contribution in [0, 0.1) is 5.82 Å². The predicted molar refractivity (Wildman–Crippen MR) is 114 cm³/mol. The van der Waals surface area contributed by atoms with Crippen LogP contribution in [-0.4, -0.2) is 10.8 Å². The summed E-state index contributed by atoms with van der Waals surface area (Å²) in [6.07, 6.45) is 0. The highest BCUT2D eigenvalue weighted by atomic mass is 19.1. The Kier molecular flexibility index (Phi) is 3.24. The number of pyridine rings is 1. The van der Waals surface area contributed by atoms with E-state index in [9.17, 15) is 9.18 Å². The Hall–Kier alpha value is -3.85. The zero-order valence-corrected chi connectivity index (χ0v) is 15.3. The van der Waals surface area contributed by atoms with Gasteiger partial charge in [-0.2, -0.15) is 0 Å². The first kappa shape index (κ1) is 16.1. The van der Waals surface area contributed by atoms with Crippen molar-refractivity contribution < 1.29 is 9.18 Å². The molecule has 0 N–H and O–H groups in total. The van der Waals surface area contributed by atoms with Gasteiger partial charge in [0.05, 0.1) is 11.2 Å². The Bertz CT molecular complexity index is 1470. The van der Waals surface area contributed by atoms with Crippen LogP contribution in [0.1, 0.15) is 15.9 Å². The van der Waals surface area contributed by atoms with Crippen molar-refractivity contribution in [3.63, 3.8) is 0 Å². The Morgan fingerprint density at radius 3 is 2.24 bits per heavy atom. The Morgan fingerprint density at radius 1 is 0.690 bits per heavy atom. The molecule has 0 aliphatic heterocycles. The molecule has 0 saturated carbocycles. The first-order valence-electron chi connectivity index (χ1n) is 9.48. The van der Waals surface area contributed by atoms with Gasteiger partial charge in [0.2, 0.25) is 0 Å². The van der Waals surface area contributed by atoms with Crippen LogP contribution in [0.2, 0.25) is 0 Å². The Balaban J connectivity index is 1.83. The summed E-state index contributed by atoms with van der Waals surface area (Å²) in [6, 6.07) is 26.0. The van der Waals surface area contributed by atoms with E-state index in [0.29, 0.717) is 16.8 Å². The van der Waals surface area contributed by atoms with Crippen molar-refractivity contribution in [2.45, 2.75) is 0 Å². The molecule has 0 radical (unpaired) electrons. The molecule has 1 aliphatic carbocycles. The van der Waals surface area contributed by atoms with Crippen LogP contribution in [-0.2, 0) is 0 Å². The van der Waals surface area contributed by atoms with Crippen LogP contribution in [0.4, 0.5) is 4.39 Å². The molecule has 0 unspecified atom stereocenters. The lowest BCUT2D eigenvalue weighted by Gasteiger charge is -2.13. The third-order valence-corrected chi connectivity index (χ3v) is 5.66. The minimum atomic E-state index is -0.298. The minimum Gasteiger partial charge on any atom is -0.289 e. The fourth-order valence-electron chi connectivity index (χ4n) is 4.38. The SMILES string of the molecule is O=C1c2ccccc2-c2c(-c3ccc(F)cc3)nc3ccc4ccccc4c3c21. The molecule has 0 atom stereocenters. The quantitative estimate of drug-likeness (QED) is 0.311. The van der Waals surface area contributed by atoms with E-state index < -0.39 is 0 Å². The van der Waals surface area contributed by atoms with E-state index in [-0.39, 0.29) is 11.6 Å². The van der Waals surface area contributed by atoms with Gasteiger partial charge in [-0.3, -0.25) is 4.79 Å². The lowest BCUT2D eigenvalue weighted by atomic mass is 9.93. The van der Waals surface area contributed by atoms with Gasteiger partial charge < -0.3 is 0 Å². The van der Waals surface area contributed by atoms with E-state index in [4.69, 9.17) is 4.98 Å². The number of halogens is 1. The summed E-state index contributed by atoms with van der Waals surface area (Å²) in [5.41, 5.74) is 5.36. The number of nitrogens with zero attached hydrogens (tertiary/aromatic N) is 1. The molecule has 0 fully saturated rings. The highest BCUT2D eigenvalue weighted by Gasteiger charge is 2.32. The number of aromatic nitrogens is 1. The van der Waals surface area contributed by atoms with Gasteiger partial charge in [-0.25, -0.2) is 9.37 Å². The summed E-state index contributed by atoms with van der Waals surface area (Å²) in [5.74, 6) is -0.281. The van der Waals surface area contributed by atoms with Crippen molar-refractivity contribution in [1.29, 1.82) is 0 Å². The van der Waals surface area contributed by atoms with Crippen molar-refractivity contribution in [2.75, 3.05) is 0 Å². The molecular weight excluding hydrogens is 361 g/mol. The van der Waals surface area contributed by atoms with Crippen molar-refractivity contribution >= 4 is 27.5 Å². The zero-order chi connectivity index (χ0) is 19.5. The monoisotopic (exact) mass is 375 g/mol. The van der Waals surface area contributed by atoms with Crippen molar-refractivity contribution in [3.05, 3.63) is 102 Å². The molecule has 136 valence electrons. The topological polar surface area (TPSA) is 30.0 Å². The summed E-state index contributed by atoms with van der Waals surface area (Å²) in [4.78, 5) is 18.5. The van der Waals surface area contributed by atoms with Crippen molar-refractivity contribution in [2.24, 2.45) is 0 Å². The molecule has 1 aliphatic rings. The van der Waals surface area contributed by atoms with E-state index in [1.54, 1.807) is 12.1 Å². The number of hydrogen-bond acceptors (Lipinski definition) is 2. The molecule has 1 heterocycles. The number of fused-ring (bicyclic) bond motifs is 7. The summed E-state index contributed by atoms with van der Waals surface area (Å²) in [5, 5.41) is 2.97. The van der Waals surface area contributed by atoms with Gasteiger partial charge in [-0.05, 0) is 46.7 Å². The number of benzene rings is 4. The second-order valence-corrected chi connectivity index (χ2v) is 7.27. The van der Waals surface area contributed by atoms with Crippen molar-refractivity contribution in [1.82, 2.24) is 4.98 Å². The average Bonchev–Trinajstić information content (AvgIpc) is 3.07. The van der Waals surface area contributed by atoms with Crippen LogP contribution in [0.15, 0.2) is 84.9 Å². The highest BCUT2D eigenvalue weighted by Crippen LogP contribution is 2.46. The molecule has 1 aromatic heterocycles. The summed E-state index contributed by atoms with van der Waals surface area (Å²) >= 11 is 0. The van der Waals surface area contributed by atoms with Gasteiger partial charge in [0, 0.05) is 27.6 Å². The van der Waals surface area contributed by atoms with Crippen LogP contribution in [0.5, 0.6) is 0 Å². The number of ketones is 1. The van der Waals surface area contributed by atoms with Gasteiger partial charge in [-0.15, -0.1) is 0 Å². The van der Waals surface area contributed by atoms with Gasteiger partial charge in [-0.1, -0.05) is 54.6 Å². The Labute approximate surface area is 166 Å². The molecule has 0 bridgehead atoms. The van der Waals surface area contributed by atoms with Crippen LogP contribution in [0.3, 0.4) is 0 Å². The number of carbonyl (C=O) groups is 1. The molecule has 29 heavy (non-hydrogen) atoms. The number of hydrogen-bond donors (Lipinski definition) is 0. The van der Waals surface area contributed by atoms with Crippen LogP contribution < -0.4 is 0 Å². The first-order valence-corrected chi connectivity index (χ1v) is 9.48. The van der Waals surface area contributed by atoms with Crippen LogP contribution >= 0.6 is 0 Å². The summed E-state index contributed by atoms with van der Waals surface area (Å²) < 4.78 is 13.5. The second kappa shape index (κ2) is 5.82. The Morgan fingerprint density at radius 2 is 1.41 bits per heavy atom. The summed E-state index contributed by atoms with van der Waals surface area (Å²) in [7, 11) is 0. The molecule has 2 nitrogen and oxygen atoms in total. The zero-order valence-electron chi connectivity index (χ0n) is 15.3. The molecule has 0 amide bonds. The van der Waals surface area contributed by atoms with E-state index >= 15 is 0 Å². The van der Waals surface area contributed by atoms with E-state index in [1.807, 2.05) is 60.7 Å². The van der Waals surface area contributed by atoms with Crippen molar-refractivity contribution in [3.8, 4) is 22.4 Å². The average molecular weight is 375 g/mol. The molecule has 6 rings (SSSR count). The fraction of sp³-hybridized carbons (Fsp3) is 0. The van der Waals surface area contributed by atoms with E-state index in [2.05, 4.69) is 0 Å². The minimum absolute atomic E-state index is 0.0164. The summed E-state index contributed by atoms with van der Waals surface area (Å²) in [6.45, 7) is 0. The maximum Gasteiger partial charge on any atom is 0.195 e. The lowest BCUT2D eigenvalue weighted by Crippen LogP contribution is -2.00.